The van der Waals surface area contributed by atoms with E-state index in [9.17, 15) is 9.59 Å². The fourth-order valence-electron chi connectivity index (χ4n) is 2.45. The van der Waals surface area contributed by atoms with Gasteiger partial charge in [0.05, 0.1) is 20.8 Å². The molecule has 2 aromatic rings. The molecule has 2 N–H and O–H groups in total. The van der Waals surface area contributed by atoms with Gasteiger partial charge in [-0.3, -0.25) is 20.4 Å². The number of hydrazine groups is 1. The summed E-state index contributed by atoms with van der Waals surface area (Å²) in [6.45, 7) is 2.26. The predicted octanol–water partition coefficient (Wildman–Crippen LogP) is 4.05. The van der Waals surface area contributed by atoms with Crippen LogP contribution in [0.3, 0.4) is 0 Å². The van der Waals surface area contributed by atoms with Crippen LogP contribution in [0.25, 0.3) is 0 Å². The van der Waals surface area contributed by atoms with Gasteiger partial charge < -0.3 is 14.2 Å². The summed E-state index contributed by atoms with van der Waals surface area (Å²) in [5, 5.41) is 0.644. The van der Waals surface area contributed by atoms with Crippen LogP contribution in [0.15, 0.2) is 34.8 Å². The molecule has 0 saturated carbocycles. The zero-order chi connectivity index (χ0) is 21.4. The van der Waals surface area contributed by atoms with Crippen LogP contribution < -0.4 is 25.1 Å². The number of halogens is 2. The standard InChI is InChI=1S/C20H22BrClN2O5/c1-12-9-14(22)6-7-15(12)29-8-4-5-18(25)23-24-20(26)13-10-16(27-2)19(21)17(11-13)28-3/h6-7,9-11H,4-5,8H2,1-3H3,(H,23,25)(H,24,26). The second kappa shape index (κ2) is 10.9. The molecule has 29 heavy (non-hydrogen) atoms. The molecule has 0 aliphatic carbocycles. The maximum atomic E-state index is 12.3. The number of amides is 2. The minimum absolute atomic E-state index is 0.194. The number of benzene rings is 2. The Bertz CT molecular complexity index is 866. The van der Waals surface area contributed by atoms with Crippen molar-refractivity contribution in [1.29, 1.82) is 0 Å². The summed E-state index contributed by atoms with van der Waals surface area (Å²) in [5.41, 5.74) is 5.96. The van der Waals surface area contributed by atoms with Gasteiger partial charge in [0.25, 0.3) is 5.91 Å². The number of methoxy groups -OCH3 is 2. The molecule has 0 saturated heterocycles. The van der Waals surface area contributed by atoms with Crippen LogP contribution in [0.4, 0.5) is 0 Å². The molecule has 0 aliphatic heterocycles. The average Bonchev–Trinajstić information content (AvgIpc) is 2.70. The van der Waals surface area contributed by atoms with E-state index in [0.717, 1.165) is 11.3 Å². The van der Waals surface area contributed by atoms with Gasteiger partial charge in [0, 0.05) is 17.0 Å². The Morgan fingerprint density at radius 1 is 1.03 bits per heavy atom. The molecular formula is C20H22BrClN2O5. The summed E-state index contributed by atoms with van der Waals surface area (Å²) in [5.74, 6) is 0.786. The maximum Gasteiger partial charge on any atom is 0.269 e. The second-order valence-electron chi connectivity index (χ2n) is 6.06. The highest BCUT2D eigenvalue weighted by Crippen LogP contribution is 2.35. The third kappa shape index (κ3) is 6.54. The van der Waals surface area contributed by atoms with Crippen molar-refractivity contribution in [3.05, 3.63) is 51.0 Å². The van der Waals surface area contributed by atoms with E-state index in [-0.39, 0.29) is 17.9 Å². The van der Waals surface area contributed by atoms with E-state index >= 15 is 0 Å². The van der Waals surface area contributed by atoms with Crippen LogP contribution >= 0.6 is 27.5 Å². The summed E-state index contributed by atoms with van der Waals surface area (Å²) in [6.07, 6.45) is 0.684. The van der Waals surface area contributed by atoms with Gasteiger partial charge in [-0.1, -0.05) is 11.6 Å². The van der Waals surface area contributed by atoms with Gasteiger partial charge in [-0.25, -0.2) is 0 Å². The first-order valence-electron chi connectivity index (χ1n) is 8.75. The normalized spacial score (nSPS) is 10.2. The van der Waals surface area contributed by atoms with Crippen LogP contribution in [0.5, 0.6) is 17.2 Å². The molecule has 7 nitrogen and oxygen atoms in total. The smallest absolute Gasteiger partial charge is 0.269 e. The van der Waals surface area contributed by atoms with Crippen molar-refractivity contribution in [3.63, 3.8) is 0 Å². The quantitative estimate of drug-likeness (QED) is 0.435. The first kappa shape index (κ1) is 22.8. The number of hydrogen-bond donors (Lipinski definition) is 2. The Hall–Kier alpha value is -2.45. The van der Waals surface area contributed by atoms with Gasteiger partial charge in [-0.15, -0.1) is 0 Å². The van der Waals surface area contributed by atoms with Crippen LogP contribution in [-0.2, 0) is 4.79 Å². The van der Waals surface area contributed by atoms with Crippen molar-refractivity contribution in [2.45, 2.75) is 19.8 Å². The van der Waals surface area contributed by atoms with Crippen LogP contribution in [-0.4, -0.2) is 32.6 Å². The number of carbonyl (C=O) groups excluding carboxylic acids is 2. The molecule has 0 bridgehead atoms. The molecule has 0 aromatic heterocycles. The molecule has 2 rings (SSSR count). The summed E-state index contributed by atoms with van der Waals surface area (Å²) < 4.78 is 16.6. The fourth-order valence-corrected chi connectivity index (χ4v) is 3.23. The van der Waals surface area contributed by atoms with Crippen LogP contribution in [0.2, 0.25) is 5.02 Å². The van der Waals surface area contributed by atoms with Crippen molar-refractivity contribution in [2.75, 3.05) is 20.8 Å². The van der Waals surface area contributed by atoms with E-state index in [1.54, 1.807) is 12.1 Å². The Morgan fingerprint density at radius 3 is 2.28 bits per heavy atom. The molecule has 0 radical (unpaired) electrons. The van der Waals surface area contributed by atoms with E-state index in [2.05, 4.69) is 26.8 Å². The van der Waals surface area contributed by atoms with Gasteiger partial charge in [0.1, 0.15) is 21.7 Å². The zero-order valence-corrected chi connectivity index (χ0v) is 18.6. The monoisotopic (exact) mass is 484 g/mol. The van der Waals surface area contributed by atoms with Crippen LogP contribution in [0.1, 0.15) is 28.8 Å². The summed E-state index contributed by atoms with van der Waals surface area (Å²) in [7, 11) is 2.97. The first-order valence-corrected chi connectivity index (χ1v) is 9.92. The topological polar surface area (TPSA) is 85.9 Å². The van der Waals surface area contributed by atoms with Crippen molar-refractivity contribution >= 4 is 39.3 Å². The molecule has 2 amide bonds. The molecule has 2 aromatic carbocycles. The molecule has 0 unspecified atom stereocenters. The Morgan fingerprint density at radius 2 is 1.69 bits per heavy atom. The number of hydrogen-bond acceptors (Lipinski definition) is 5. The predicted molar refractivity (Wildman–Crippen MR) is 114 cm³/mol. The zero-order valence-electron chi connectivity index (χ0n) is 16.3. The summed E-state index contributed by atoms with van der Waals surface area (Å²) in [6, 6.07) is 8.43. The third-order valence-electron chi connectivity index (χ3n) is 3.97. The van der Waals surface area contributed by atoms with Gasteiger partial charge in [0.2, 0.25) is 5.91 Å². The number of rotatable bonds is 8. The average molecular weight is 486 g/mol. The Kier molecular flexibility index (Phi) is 8.60. The van der Waals surface area contributed by atoms with Crippen molar-refractivity contribution < 1.29 is 23.8 Å². The summed E-state index contributed by atoms with van der Waals surface area (Å²) >= 11 is 9.24. The SMILES string of the molecule is COc1cc(C(=O)NNC(=O)CCCOc2ccc(Cl)cc2C)cc(OC)c1Br. The lowest BCUT2D eigenvalue weighted by molar-refractivity contribution is -0.122. The van der Waals surface area contributed by atoms with Gasteiger partial charge >= 0.3 is 0 Å². The number of ether oxygens (including phenoxy) is 3. The van der Waals surface area contributed by atoms with E-state index in [1.807, 2.05) is 13.0 Å². The Labute approximate surface area is 182 Å². The number of carbonyl (C=O) groups is 2. The maximum absolute atomic E-state index is 12.3. The van der Waals surface area contributed by atoms with E-state index in [1.165, 1.54) is 26.4 Å². The fraction of sp³-hybridized carbons (Fsp3) is 0.300. The minimum atomic E-state index is -0.490. The Balaban J connectivity index is 1.79. The largest absolute Gasteiger partial charge is 0.495 e. The molecule has 0 atom stereocenters. The molecule has 156 valence electrons. The van der Waals surface area contributed by atoms with Gasteiger partial charge in [-0.2, -0.15) is 0 Å². The van der Waals surface area contributed by atoms with E-state index in [0.29, 0.717) is 34.0 Å². The second-order valence-corrected chi connectivity index (χ2v) is 7.29. The molecular weight excluding hydrogens is 464 g/mol. The lowest BCUT2D eigenvalue weighted by Gasteiger charge is -2.12. The van der Waals surface area contributed by atoms with Crippen molar-refractivity contribution in [3.8, 4) is 17.2 Å². The van der Waals surface area contributed by atoms with Gasteiger partial charge in [-0.05, 0) is 65.2 Å². The van der Waals surface area contributed by atoms with E-state index < -0.39 is 5.91 Å². The van der Waals surface area contributed by atoms with Crippen LogP contribution in [0, 0.1) is 6.92 Å². The van der Waals surface area contributed by atoms with Gasteiger partial charge in [0.15, 0.2) is 0 Å². The number of aryl methyl sites for hydroxylation is 1. The summed E-state index contributed by atoms with van der Waals surface area (Å²) in [4.78, 5) is 24.2. The highest BCUT2D eigenvalue weighted by atomic mass is 79.9. The molecule has 0 spiro atoms. The minimum Gasteiger partial charge on any atom is -0.495 e. The molecule has 0 fully saturated rings. The lowest BCUT2D eigenvalue weighted by atomic mass is 10.2. The van der Waals surface area contributed by atoms with Crippen molar-refractivity contribution in [2.24, 2.45) is 0 Å². The molecule has 0 heterocycles. The molecule has 0 aliphatic rings. The first-order chi connectivity index (χ1) is 13.8. The van der Waals surface area contributed by atoms with E-state index in [4.69, 9.17) is 25.8 Å². The third-order valence-corrected chi connectivity index (χ3v) is 4.98. The van der Waals surface area contributed by atoms with Crippen molar-refractivity contribution in [1.82, 2.24) is 10.9 Å². The number of nitrogens with one attached hydrogen (secondary N) is 2. The highest BCUT2D eigenvalue weighted by Gasteiger charge is 2.15. The molecule has 9 heteroatoms. The lowest BCUT2D eigenvalue weighted by Crippen LogP contribution is -2.41. The highest BCUT2D eigenvalue weighted by molar-refractivity contribution is 9.10.